The monoisotopic (exact) mass is 365 g/mol. The summed E-state index contributed by atoms with van der Waals surface area (Å²) >= 11 is 1.31. The van der Waals surface area contributed by atoms with E-state index in [9.17, 15) is 9.59 Å². The maximum Gasteiger partial charge on any atom is 0.349 e. The second-order valence-corrected chi connectivity index (χ2v) is 6.89. The van der Waals surface area contributed by atoms with Crippen LogP contribution in [0.4, 0.5) is 5.69 Å². The Bertz CT molecular complexity index is 931. The molecule has 0 aliphatic rings. The summed E-state index contributed by atoms with van der Waals surface area (Å²) in [6.07, 6.45) is 0. The van der Waals surface area contributed by atoms with Crippen molar-refractivity contribution in [3.8, 4) is 11.1 Å². The van der Waals surface area contributed by atoms with Gasteiger partial charge in [-0.25, -0.2) is 4.79 Å². The van der Waals surface area contributed by atoms with Crippen molar-refractivity contribution in [3.63, 3.8) is 0 Å². The van der Waals surface area contributed by atoms with E-state index in [1.807, 2.05) is 73.8 Å². The predicted octanol–water partition coefficient (Wildman–Crippen LogP) is 4.83. The summed E-state index contributed by atoms with van der Waals surface area (Å²) in [5, 5.41) is 4.63. The number of anilines is 1. The average Bonchev–Trinajstić information content (AvgIpc) is 3.13. The molecule has 132 valence electrons. The normalized spacial score (nSPS) is 10.4. The molecule has 0 fully saturated rings. The second kappa shape index (κ2) is 7.97. The van der Waals surface area contributed by atoms with Crippen LogP contribution in [0.25, 0.3) is 11.1 Å². The number of esters is 1. The molecule has 0 aliphatic carbocycles. The van der Waals surface area contributed by atoms with E-state index in [1.54, 1.807) is 0 Å². The molecule has 0 aliphatic heterocycles. The van der Waals surface area contributed by atoms with Crippen LogP contribution in [0, 0.1) is 13.8 Å². The molecule has 5 heteroatoms. The van der Waals surface area contributed by atoms with E-state index in [2.05, 4.69) is 5.32 Å². The van der Waals surface area contributed by atoms with Crippen molar-refractivity contribution in [3.05, 3.63) is 76.0 Å². The maximum absolute atomic E-state index is 12.4. The number of carbonyl (C=O) groups excluding carboxylic acids is 2. The number of nitrogens with one attached hydrogen (secondary N) is 1. The first-order valence-electron chi connectivity index (χ1n) is 8.22. The summed E-state index contributed by atoms with van der Waals surface area (Å²) in [6.45, 7) is 3.55. The average molecular weight is 365 g/mol. The Kier molecular flexibility index (Phi) is 5.49. The Morgan fingerprint density at radius 3 is 2.58 bits per heavy atom. The summed E-state index contributed by atoms with van der Waals surface area (Å²) in [4.78, 5) is 25.0. The molecule has 3 aromatic rings. The minimum atomic E-state index is -0.491. The van der Waals surface area contributed by atoms with Gasteiger partial charge < -0.3 is 10.1 Å². The van der Waals surface area contributed by atoms with E-state index < -0.39 is 5.97 Å². The molecule has 0 spiro atoms. The van der Waals surface area contributed by atoms with Crippen LogP contribution in [0.1, 0.15) is 20.8 Å². The largest absolute Gasteiger partial charge is 0.451 e. The molecule has 1 N–H and O–H groups in total. The molecule has 0 atom stereocenters. The number of hydrogen-bond donors (Lipinski definition) is 1. The van der Waals surface area contributed by atoms with E-state index in [-0.39, 0.29) is 12.5 Å². The lowest BCUT2D eigenvalue weighted by Gasteiger charge is -2.10. The molecule has 1 aromatic heterocycles. The van der Waals surface area contributed by atoms with Gasteiger partial charge >= 0.3 is 5.97 Å². The van der Waals surface area contributed by atoms with Gasteiger partial charge in [0.1, 0.15) is 4.88 Å². The number of benzene rings is 2. The highest BCUT2D eigenvalue weighted by Gasteiger charge is 2.17. The first kappa shape index (κ1) is 17.9. The highest BCUT2D eigenvalue weighted by molar-refractivity contribution is 7.12. The van der Waals surface area contributed by atoms with Crippen molar-refractivity contribution in [2.45, 2.75) is 13.8 Å². The molecular formula is C21H19NO3S. The summed E-state index contributed by atoms with van der Waals surface area (Å²) < 4.78 is 5.21. The van der Waals surface area contributed by atoms with Gasteiger partial charge in [0.25, 0.3) is 5.91 Å². The van der Waals surface area contributed by atoms with Crippen molar-refractivity contribution in [1.29, 1.82) is 0 Å². The minimum absolute atomic E-state index is 0.321. The molecule has 1 amide bonds. The van der Waals surface area contributed by atoms with Crippen molar-refractivity contribution in [2.24, 2.45) is 0 Å². The van der Waals surface area contributed by atoms with Gasteiger partial charge in [0.15, 0.2) is 6.61 Å². The standard InChI is InChI=1S/C21H19NO3S/c1-14-8-9-15(2)18(12-14)22-19(23)13-25-21(24)20-17(10-11-26-20)16-6-4-3-5-7-16/h3-12H,13H2,1-2H3,(H,22,23). The van der Waals surface area contributed by atoms with Gasteiger partial charge in [0.05, 0.1) is 0 Å². The molecule has 2 aromatic carbocycles. The molecule has 0 unspecified atom stereocenters. The third-order valence-electron chi connectivity index (χ3n) is 3.94. The van der Waals surface area contributed by atoms with Crippen LogP contribution in [0.5, 0.6) is 0 Å². The van der Waals surface area contributed by atoms with Crippen LogP contribution >= 0.6 is 11.3 Å². The van der Waals surface area contributed by atoms with Gasteiger partial charge in [-0.15, -0.1) is 11.3 Å². The predicted molar refractivity (Wildman–Crippen MR) is 105 cm³/mol. The minimum Gasteiger partial charge on any atom is -0.451 e. The molecule has 0 radical (unpaired) electrons. The summed E-state index contributed by atoms with van der Waals surface area (Å²) in [7, 11) is 0. The van der Waals surface area contributed by atoms with Crippen molar-refractivity contribution >= 4 is 28.9 Å². The van der Waals surface area contributed by atoms with Crippen LogP contribution in [-0.2, 0) is 9.53 Å². The molecule has 26 heavy (non-hydrogen) atoms. The quantitative estimate of drug-likeness (QED) is 0.659. The van der Waals surface area contributed by atoms with Gasteiger partial charge in [0, 0.05) is 11.3 Å². The number of carbonyl (C=O) groups is 2. The van der Waals surface area contributed by atoms with Crippen LogP contribution in [0.15, 0.2) is 60.0 Å². The first-order chi connectivity index (χ1) is 12.5. The van der Waals surface area contributed by atoms with E-state index in [0.29, 0.717) is 4.88 Å². The summed E-state index contributed by atoms with van der Waals surface area (Å²) in [5.74, 6) is -0.847. The first-order valence-corrected chi connectivity index (χ1v) is 9.09. The van der Waals surface area contributed by atoms with Gasteiger partial charge in [-0.1, -0.05) is 42.5 Å². The number of amides is 1. The van der Waals surface area contributed by atoms with Gasteiger partial charge in [-0.3, -0.25) is 4.79 Å². The zero-order valence-electron chi connectivity index (χ0n) is 14.6. The summed E-state index contributed by atoms with van der Waals surface area (Å²) in [6, 6.07) is 17.3. The zero-order valence-corrected chi connectivity index (χ0v) is 15.4. The third kappa shape index (κ3) is 4.18. The number of thiophene rings is 1. The van der Waals surface area contributed by atoms with Crippen molar-refractivity contribution < 1.29 is 14.3 Å². The van der Waals surface area contributed by atoms with E-state index in [0.717, 1.165) is 27.9 Å². The fourth-order valence-electron chi connectivity index (χ4n) is 2.57. The zero-order chi connectivity index (χ0) is 18.5. The third-order valence-corrected chi connectivity index (χ3v) is 4.83. The lowest BCUT2D eigenvalue weighted by molar-refractivity contribution is -0.119. The fourth-order valence-corrected chi connectivity index (χ4v) is 3.37. The van der Waals surface area contributed by atoms with Crippen molar-refractivity contribution in [2.75, 3.05) is 11.9 Å². The Morgan fingerprint density at radius 1 is 1.04 bits per heavy atom. The smallest absolute Gasteiger partial charge is 0.349 e. The molecule has 1 heterocycles. The molecule has 0 saturated heterocycles. The van der Waals surface area contributed by atoms with Gasteiger partial charge in [-0.2, -0.15) is 0 Å². The summed E-state index contributed by atoms with van der Waals surface area (Å²) in [5.41, 5.74) is 4.50. The lowest BCUT2D eigenvalue weighted by Crippen LogP contribution is -2.21. The topological polar surface area (TPSA) is 55.4 Å². The maximum atomic E-state index is 12.4. The fraction of sp³-hybridized carbons (Fsp3) is 0.143. The number of aryl methyl sites for hydroxylation is 2. The Balaban J connectivity index is 1.64. The SMILES string of the molecule is Cc1ccc(C)c(NC(=O)COC(=O)c2sccc2-c2ccccc2)c1. The van der Waals surface area contributed by atoms with Crippen LogP contribution in [0.3, 0.4) is 0 Å². The van der Waals surface area contributed by atoms with Crippen molar-refractivity contribution in [1.82, 2.24) is 0 Å². The Labute approximate surface area is 156 Å². The Morgan fingerprint density at radius 2 is 1.81 bits per heavy atom. The number of ether oxygens (including phenoxy) is 1. The molecule has 4 nitrogen and oxygen atoms in total. The molecule has 0 bridgehead atoms. The van der Waals surface area contributed by atoms with Crippen LogP contribution in [-0.4, -0.2) is 18.5 Å². The molecule has 0 saturated carbocycles. The number of rotatable bonds is 5. The highest BCUT2D eigenvalue weighted by atomic mass is 32.1. The van der Waals surface area contributed by atoms with E-state index >= 15 is 0 Å². The van der Waals surface area contributed by atoms with Crippen LogP contribution in [0.2, 0.25) is 0 Å². The van der Waals surface area contributed by atoms with Gasteiger partial charge in [0.2, 0.25) is 0 Å². The van der Waals surface area contributed by atoms with Crippen LogP contribution < -0.4 is 5.32 Å². The Hall–Kier alpha value is -2.92. The lowest BCUT2D eigenvalue weighted by atomic mass is 10.1. The number of hydrogen-bond acceptors (Lipinski definition) is 4. The van der Waals surface area contributed by atoms with Gasteiger partial charge in [-0.05, 0) is 48.1 Å². The molecular weight excluding hydrogens is 346 g/mol. The second-order valence-electron chi connectivity index (χ2n) is 5.97. The highest BCUT2D eigenvalue weighted by Crippen LogP contribution is 2.28. The van der Waals surface area contributed by atoms with E-state index in [1.165, 1.54) is 11.3 Å². The molecule has 3 rings (SSSR count). The van der Waals surface area contributed by atoms with E-state index in [4.69, 9.17) is 4.74 Å².